The number of aryl methyl sites for hydroxylation is 1. The van der Waals surface area contributed by atoms with Crippen LogP contribution in [0.3, 0.4) is 0 Å². The van der Waals surface area contributed by atoms with Crippen molar-refractivity contribution >= 4 is 5.91 Å². The van der Waals surface area contributed by atoms with Crippen molar-refractivity contribution in [3.8, 4) is 6.07 Å². The van der Waals surface area contributed by atoms with Crippen molar-refractivity contribution in [2.24, 2.45) is 5.92 Å². The molecule has 0 spiro atoms. The van der Waals surface area contributed by atoms with Crippen LogP contribution < -0.4 is 0 Å². The first kappa shape index (κ1) is 18.1. The Kier molecular flexibility index (Phi) is 6.01. The maximum atomic E-state index is 13.6. The third-order valence-electron chi connectivity index (χ3n) is 5.12. The van der Waals surface area contributed by atoms with Gasteiger partial charge in [-0.1, -0.05) is 36.4 Å². The van der Waals surface area contributed by atoms with Gasteiger partial charge < -0.3 is 4.90 Å². The van der Waals surface area contributed by atoms with Crippen molar-refractivity contribution in [2.45, 2.75) is 32.1 Å². The molecule has 0 saturated carbocycles. The molecular weight excluding hydrogens is 327 g/mol. The number of benzene rings is 2. The summed E-state index contributed by atoms with van der Waals surface area (Å²) in [5.41, 5.74) is 2.16. The minimum Gasteiger partial charge on any atom is -0.343 e. The monoisotopic (exact) mass is 350 g/mol. The van der Waals surface area contributed by atoms with E-state index in [-0.39, 0.29) is 11.5 Å². The van der Waals surface area contributed by atoms with E-state index in [1.54, 1.807) is 6.07 Å². The summed E-state index contributed by atoms with van der Waals surface area (Å²) in [6, 6.07) is 16.9. The highest BCUT2D eigenvalue weighted by molar-refractivity contribution is 5.76. The van der Waals surface area contributed by atoms with Gasteiger partial charge in [0.25, 0.3) is 0 Å². The molecule has 2 aromatic carbocycles. The summed E-state index contributed by atoms with van der Waals surface area (Å²) >= 11 is 0. The van der Waals surface area contributed by atoms with Gasteiger partial charge in [0.15, 0.2) is 0 Å². The first-order valence-electron chi connectivity index (χ1n) is 9.16. The highest BCUT2D eigenvalue weighted by Gasteiger charge is 2.22. The summed E-state index contributed by atoms with van der Waals surface area (Å²) in [5.74, 6) is 0.251. The molecule has 0 atom stereocenters. The number of carbonyl (C=O) groups is 1. The van der Waals surface area contributed by atoms with Crippen LogP contribution in [0.15, 0.2) is 48.5 Å². The van der Waals surface area contributed by atoms with Crippen LogP contribution in [0.2, 0.25) is 0 Å². The molecule has 0 unspecified atom stereocenters. The predicted molar refractivity (Wildman–Crippen MR) is 98.9 cm³/mol. The molecule has 26 heavy (non-hydrogen) atoms. The standard InChI is InChI=1S/C22H23FN2O/c23-21-15-18(6-8-20(21)16-24)7-9-22(26)25-12-10-19(11-13-25)14-17-4-2-1-3-5-17/h1-6,8,15,19H,7,9-14H2. The molecule has 1 saturated heterocycles. The minimum atomic E-state index is -0.515. The largest absolute Gasteiger partial charge is 0.343 e. The van der Waals surface area contributed by atoms with Gasteiger partial charge in [-0.2, -0.15) is 5.26 Å². The number of rotatable bonds is 5. The molecule has 1 aliphatic heterocycles. The van der Waals surface area contributed by atoms with Gasteiger partial charge in [0.1, 0.15) is 11.9 Å². The summed E-state index contributed by atoms with van der Waals surface area (Å²) < 4.78 is 13.6. The SMILES string of the molecule is N#Cc1ccc(CCC(=O)N2CCC(Cc3ccccc3)CC2)cc1F. The lowest BCUT2D eigenvalue weighted by Gasteiger charge is -2.32. The summed E-state index contributed by atoms with van der Waals surface area (Å²) in [5, 5.41) is 8.76. The fraction of sp³-hybridized carbons (Fsp3) is 0.364. The maximum Gasteiger partial charge on any atom is 0.222 e. The van der Waals surface area contributed by atoms with Crippen LogP contribution in [-0.4, -0.2) is 23.9 Å². The molecule has 0 aromatic heterocycles. The molecule has 1 heterocycles. The van der Waals surface area contributed by atoms with Gasteiger partial charge >= 0.3 is 0 Å². The van der Waals surface area contributed by atoms with E-state index in [4.69, 9.17) is 5.26 Å². The fourth-order valence-corrected chi connectivity index (χ4v) is 3.55. The van der Waals surface area contributed by atoms with Crippen molar-refractivity contribution in [1.29, 1.82) is 5.26 Å². The van der Waals surface area contributed by atoms with Gasteiger partial charge in [-0.3, -0.25) is 4.79 Å². The molecule has 1 aliphatic rings. The minimum absolute atomic E-state index is 0.0422. The molecule has 1 amide bonds. The van der Waals surface area contributed by atoms with E-state index in [1.165, 1.54) is 17.7 Å². The van der Waals surface area contributed by atoms with Crippen LogP contribution in [0, 0.1) is 23.1 Å². The zero-order valence-corrected chi connectivity index (χ0v) is 14.8. The Balaban J connectivity index is 1.45. The summed E-state index contributed by atoms with van der Waals surface area (Å²) in [7, 11) is 0. The highest BCUT2D eigenvalue weighted by atomic mass is 19.1. The Morgan fingerprint density at radius 2 is 1.85 bits per heavy atom. The second-order valence-corrected chi connectivity index (χ2v) is 6.94. The molecule has 2 aromatic rings. The third kappa shape index (κ3) is 4.70. The van der Waals surface area contributed by atoms with Crippen LogP contribution in [0.5, 0.6) is 0 Å². The van der Waals surface area contributed by atoms with Crippen molar-refractivity contribution in [1.82, 2.24) is 4.90 Å². The van der Waals surface area contributed by atoms with Gasteiger partial charge in [-0.25, -0.2) is 4.39 Å². The first-order chi connectivity index (χ1) is 12.7. The molecule has 3 nitrogen and oxygen atoms in total. The Labute approximate surface area is 154 Å². The van der Waals surface area contributed by atoms with Crippen LogP contribution in [-0.2, 0) is 17.6 Å². The van der Waals surface area contributed by atoms with E-state index < -0.39 is 5.82 Å². The van der Waals surface area contributed by atoms with Crippen LogP contribution in [0.4, 0.5) is 4.39 Å². The van der Waals surface area contributed by atoms with Gasteiger partial charge in [0, 0.05) is 19.5 Å². The zero-order chi connectivity index (χ0) is 18.4. The van der Waals surface area contributed by atoms with E-state index in [9.17, 15) is 9.18 Å². The summed E-state index contributed by atoms with van der Waals surface area (Å²) in [4.78, 5) is 14.4. The van der Waals surface area contributed by atoms with E-state index in [2.05, 4.69) is 24.3 Å². The summed E-state index contributed by atoms with van der Waals surface area (Å²) in [6.45, 7) is 1.61. The predicted octanol–water partition coefficient (Wildman–Crippen LogP) is 4.11. The molecule has 0 radical (unpaired) electrons. The number of nitrogens with zero attached hydrogens (tertiary/aromatic N) is 2. The molecule has 4 heteroatoms. The van der Waals surface area contributed by atoms with E-state index in [1.807, 2.05) is 17.0 Å². The van der Waals surface area contributed by atoms with Gasteiger partial charge in [-0.15, -0.1) is 0 Å². The normalized spacial score (nSPS) is 14.8. The Morgan fingerprint density at radius 1 is 1.12 bits per heavy atom. The van der Waals surface area contributed by atoms with Gasteiger partial charge in [-0.05, 0) is 54.9 Å². The second kappa shape index (κ2) is 8.62. The number of piperidine rings is 1. The Morgan fingerprint density at radius 3 is 2.50 bits per heavy atom. The van der Waals surface area contributed by atoms with Crippen molar-refractivity contribution in [2.75, 3.05) is 13.1 Å². The maximum absolute atomic E-state index is 13.6. The fourth-order valence-electron chi connectivity index (χ4n) is 3.55. The molecule has 3 rings (SSSR count). The topological polar surface area (TPSA) is 44.1 Å². The van der Waals surface area contributed by atoms with E-state index in [0.717, 1.165) is 37.9 Å². The highest BCUT2D eigenvalue weighted by Crippen LogP contribution is 2.22. The molecule has 0 aliphatic carbocycles. The number of halogens is 1. The number of carbonyl (C=O) groups excluding carboxylic acids is 1. The number of likely N-dealkylation sites (tertiary alicyclic amines) is 1. The first-order valence-corrected chi connectivity index (χ1v) is 9.16. The number of hydrogen-bond acceptors (Lipinski definition) is 2. The van der Waals surface area contributed by atoms with Gasteiger partial charge in [0.05, 0.1) is 5.56 Å². The number of hydrogen-bond donors (Lipinski definition) is 0. The lowest BCUT2D eigenvalue weighted by molar-refractivity contribution is -0.132. The van der Waals surface area contributed by atoms with Crippen LogP contribution in [0.1, 0.15) is 36.0 Å². The van der Waals surface area contributed by atoms with Crippen molar-refractivity contribution in [3.63, 3.8) is 0 Å². The lowest BCUT2D eigenvalue weighted by Crippen LogP contribution is -2.39. The van der Waals surface area contributed by atoms with Crippen LogP contribution in [0.25, 0.3) is 0 Å². The molecule has 1 fully saturated rings. The molecule has 0 bridgehead atoms. The average molecular weight is 350 g/mol. The smallest absolute Gasteiger partial charge is 0.222 e. The second-order valence-electron chi connectivity index (χ2n) is 6.94. The zero-order valence-electron chi connectivity index (χ0n) is 14.8. The third-order valence-corrected chi connectivity index (χ3v) is 5.12. The van der Waals surface area contributed by atoms with Crippen molar-refractivity contribution < 1.29 is 9.18 Å². The average Bonchev–Trinajstić information content (AvgIpc) is 2.67. The quantitative estimate of drug-likeness (QED) is 0.814. The Hall–Kier alpha value is -2.67. The van der Waals surface area contributed by atoms with Crippen molar-refractivity contribution in [3.05, 3.63) is 71.0 Å². The molecule has 134 valence electrons. The Bertz CT molecular complexity index is 790. The number of nitriles is 1. The van der Waals surface area contributed by atoms with E-state index in [0.29, 0.717) is 18.8 Å². The van der Waals surface area contributed by atoms with Crippen LogP contribution >= 0.6 is 0 Å². The lowest BCUT2D eigenvalue weighted by atomic mass is 9.90. The molecule has 0 N–H and O–H groups in total. The number of amides is 1. The van der Waals surface area contributed by atoms with Gasteiger partial charge in [0.2, 0.25) is 5.91 Å². The summed E-state index contributed by atoms with van der Waals surface area (Å²) in [6.07, 6.45) is 4.03. The van der Waals surface area contributed by atoms with E-state index >= 15 is 0 Å². The molecular formula is C22H23FN2O.